The third-order valence-electron chi connectivity index (χ3n) is 2.47. The first-order chi connectivity index (χ1) is 7.04. The molecule has 1 aliphatic rings. The average Bonchev–Trinajstić information content (AvgIpc) is 2.55. The molecule has 1 aliphatic heterocycles. The van der Waals surface area contributed by atoms with Crippen LogP contribution in [0.1, 0.15) is 12.8 Å². The summed E-state index contributed by atoms with van der Waals surface area (Å²) in [6, 6.07) is 0. The summed E-state index contributed by atoms with van der Waals surface area (Å²) >= 11 is 5.63. The van der Waals surface area contributed by atoms with Gasteiger partial charge in [-0.1, -0.05) is 0 Å². The lowest BCUT2D eigenvalue weighted by atomic mass is 10.1. The summed E-state index contributed by atoms with van der Waals surface area (Å²) < 4.78 is 0. The molecule has 0 saturated carbocycles. The van der Waals surface area contributed by atoms with Crippen molar-refractivity contribution in [1.82, 2.24) is 4.90 Å². The minimum Gasteiger partial charge on any atom is -0.479 e. The Bertz CT molecular complexity index is 258. The number of hydrogen-bond acceptors (Lipinski definition) is 3. The van der Waals surface area contributed by atoms with Crippen LogP contribution in [0.5, 0.6) is 0 Å². The van der Waals surface area contributed by atoms with Crippen molar-refractivity contribution in [3.8, 4) is 0 Å². The second kappa shape index (κ2) is 5.32. The molecule has 6 heteroatoms. The molecule has 0 bridgehead atoms. The van der Waals surface area contributed by atoms with Crippen molar-refractivity contribution >= 4 is 23.5 Å². The maximum Gasteiger partial charge on any atom is 0.332 e. The highest BCUT2D eigenvalue weighted by molar-refractivity contribution is 6.18. The molecule has 1 saturated heterocycles. The van der Waals surface area contributed by atoms with Gasteiger partial charge in [-0.25, -0.2) is 4.79 Å². The quantitative estimate of drug-likeness (QED) is 0.653. The molecule has 0 radical (unpaired) electrons. The second-order valence-electron chi connectivity index (χ2n) is 3.71. The number of carbonyl (C=O) groups is 2. The summed E-state index contributed by atoms with van der Waals surface area (Å²) in [5.41, 5.74) is 0. The van der Waals surface area contributed by atoms with Crippen molar-refractivity contribution in [2.45, 2.75) is 18.9 Å². The molecule has 1 rings (SSSR count). The van der Waals surface area contributed by atoms with E-state index >= 15 is 0 Å². The number of carboxylic acid groups (broad SMARTS) is 1. The van der Waals surface area contributed by atoms with Crippen LogP contribution in [-0.2, 0) is 9.59 Å². The second-order valence-corrected chi connectivity index (χ2v) is 4.02. The van der Waals surface area contributed by atoms with Crippen LogP contribution in [0.2, 0.25) is 0 Å². The van der Waals surface area contributed by atoms with E-state index in [1.54, 1.807) is 4.90 Å². The predicted octanol–water partition coefficient (Wildman–Crippen LogP) is -0.0907. The fourth-order valence-corrected chi connectivity index (χ4v) is 1.78. The molecule has 0 aromatic rings. The Labute approximate surface area is 92.6 Å². The van der Waals surface area contributed by atoms with Gasteiger partial charge >= 0.3 is 5.97 Å². The van der Waals surface area contributed by atoms with Crippen molar-refractivity contribution < 1.29 is 19.8 Å². The Morgan fingerprint density at radius 3 is 2.80 bits per heavy atom. The highest BCUT2D eigenvalue weighted by Crippen LogP contribution is 2.19. The molecule has 0 aliphatic carbocycles. The topological polar surface area (TPSA) is 77.8 Å². The average molecular weight is 236 g/mol. The third-order valence-corrected chi connectivity index (χ3v) is 2.91. The summed E-state index contributed by atoms with van der Waals surface area (Å²) in [5, 5.41) is 17.5. The van der Waals surface area contributed by atoms with E-state index in [0.29, 0.717) is 18.8 Å². The van der Waals surface area contributed by atoms with Crippen LogP contribution in [0.25, 0.3) is 0 Å². The zero-order valence-corrected chi connectivity index (χ0v) is 8.98. The van der Waals surface area contributed by atoms with Crippen LogP contribution >= 0.6 is 11.6 Å². The lowest BCUT2D eigenvalue weighted by Crippen LogP contribution is -2.31. The Morgan fingerprint density at radius 2 is 2.33 bits per heavy atom. The van der Waals surface area contributed by atoms with Gasteiger partial charge < -0.3 is 15.1 Å². The van der Waals surface area contributed by atoms with Gasteiger partial charge in [0.25, 0.3) is 0 Å². The Balaban J connectivity index is 2.33. The van der Waals surface area contributed by atoms with Gasteiger partial charge in [-0.15, -0.1) is 11.6 Å². The number of likely N-dealkylation sites (tertiary alicyclic amines) is 1. The molecule has 0 aromatic carbocycles. The number of nitrogens with zero attached hydrogens (tertiary/aromatic N) is 1. The van der Waals surface area contributed by atoms with E-state index in [1.165, 1.54) is 0 Å². The van der Waals surface area contributed by atoms with Gasteiger partial charge in [-0.05, 0) is 5.92 Å². The normalized spacial score (nSPS) is 23.2. The van der Waals surface area contributed by atoms with Crippen LogP contribution in [0.3, 0.4) is 0 Å². The van der Waals surface area contributed by atoms with Gasteiger partial charge in [-0.2, -0.15) is 0 Å². The number of halogens is 1. The van der Waals surface area contributed by atoms with Crippen LogP contribution in [0.15, 0.2) is 0 Å². The molecule has 0 aromatic heterocycles. The first-order valence-electron chi connectivity index (χ1n) is 4.79. The molecular formula is C9H14ClNO4. The molecule has 5 nitrogen and oxygen atoms in total. The highest BCUT2D eigenvalue weighted by Gasteiger charge is 2.29. The molecule has 2 atom stereocenters. The highest BCUT2D eigenvalue weighted by atomic mass is 35.5. The zero-order valence-electron chi connectivity index (χ0n) is 8.23. The van der Waals surface area contributed by atoms with Gasteiger partial charge in [0.1, 0.15) is 0 Å². The van der Waals surface area contributed by atoms with Crippen molar-refractivity contribution in [3.63, 3.8) is 0 Å². The van der Waals surface area contributed by atoms with Crippen molar-refractivity contribution in [1.29, 1.82) is 0 Å². The summed E-state index contributed by atoms with van der Waals surface area (Å²) in [6.45, 7) is 0.842. The Hall–Kier alpha value is -0.810. The lowest BCUT2D eigenvalue weighted by molar-refractivity contribution is -0.147. The first-order valence-corrected chi connectivity index (χ1v) is 5.32. The Kier molecular flexibility index (Phi) is 4.35. The van der Waals surface area contributed by atoms with E-state index < -0.39 is 12.1 Å². The number of carboxylic acids is 1. The monoisotopic (exact) mass is 235 g/mol. The Morgan fingerprint density at radius 1 is 1.67 bits per heavy atom. The van der Waals surface area contributed by atoms with Gasteiger partial charge in [0, 0.05) is 31.8 Å². The van der Waals surface area contributed by atoms with Gasteiger partial charge in [-0.3, -0.25) is 4.79 Å². The maximum absolute atomic E-state index is 11.4. The smallest absolute Gasteiger partial charge is 0.332 e. The molecular weight excluding hydrogens is 222 g/mol. The molecule has 1 amide bonds. The van der Waals surface area contributed by atoms with Gasteiger partial charge in [0.2, 0.25) is 5.91 Å². The fraction of sp³-hybridized carbons (Fsp3) is 0.778. The van der Waals surface area contributed by atoms with Crippen molar-refractivity contribution in [2.75, 3.05) is 19.0 Å². The summed E-state index contributed by atoms with van der Waals surface area (Å²) in [5.74, 6) is -0.682. The van der Waals surface area contributed by atoms with Crippen LogP contribution in [-0.4, -0.2) is 52.1 Å². The minimum absolute atomic E-state index is 0.0155. The van der Waals surface area contributed by atoms with Crippen molar-refractivity contribution in [2.24, 2.45) is 5.92 Å². The number of amides is 1. The van der Waals surface area contributed by atoms with E-state index in [2.05, 4.69) is 0 Å². The summed E-state index contributed by atoms with van der Waals surface area (Å²) in [4.78, 5) is 23.3. The molecule has 0 spiro atoms. The lowest BCUT2D eigenvalue weighted by Gasteiger charge is -2.16. The number of aliphatic hydroxyl groups is 1. The van der Waals surface area contributed by atoms with E-state index in [-0.39, 0.29) is 24.8 Å². The van der Waals surface area contributed by atoms with Crippen LogP contribution in [0, 0.1) is 5.92 Å². The standard InChI is InChI=1S/C9H14ClNO4/c10-4-6-3-8(13)11(5-6)2-1-7(12)9(14)15/h6-7,12H,1-5H2,(H,14,15)/t6?,7-/m0/s1. The SMILES string of the molecule is O=C(O)[C@@H](O)CCN1CC(CCl)CC1=O. The van der Waals surface area contributed by atoms with Gasteiger partial charge in [0.15, 0.2) is 6.10 Å². The van der Waals surface area contributed by atoms with E-state index in [1.807, 2.05) is 0 Å². The summed E-state index contributed by atoms with van der Waals surface area (Å²) in [7, 11) is 0. The minimum atomic E-state index is -1.40. The van der Waals surface area contributed by atoms with E-state index in [0.717, 1.165) is 0 Å². The number of alkyl halides is 1. The molecule has 1 unspecified atom stereocenters. The number of hydrogen-bond donors (Lipinski definition) is 2. The summed E-state index contributed by atoms with van der Waals surface area (Å²) in [6.07, 6.45) is -0.907. The largest absolute Gasteiger partial charge is 0.479 e. The number of aliphatic hydroxyl groups excluding tert-OH is 1. The number of carbonyl (C=O) groups excluding carboxylic acids is 1. The molecule has 15 heavy (non-hydrogen) atoms. The van der Waals surface area contributed by atoms with Crippen LogP contribution in [0.4, 0.5) is 0 Å². The fourth-order valence-electron chi connectivity index (χ4n) is 1.58. The third kappa shape index (κ3) is 3.35. The molecule has 2 N–H and O–H groups in total. The molecule has 86 valence electrons. The van der Waals surface area contributed by atoms with Gasteiger partial charge in [0.05, 0.1) is 0 Å². The number of rotatable bonds is 5. The predicted molar refractivity (Wildman–Crippen MR) is 53.7 cm³/mol. The van der Waals surface area contributed by atoms with E-state index in [9.17, 15) is 9.59 Å². The number of aliphatic carboxylic acids is 1. The first kappa shape index (κ1) is 12.3. The molecule has 1 fully saturated rings. The molecule has 1 heterocycles. The zero-order chi connectivity index (χ0) is 11.4. The van der Waals surface area contributed by atoms with Crippen LogP contribution < -0.4 is 0 Å². The van der Waals surface area contributed by atoms with Crippen molar-refractivity contribution in [3.05, 3.63) is 0 Å². The van der Waals surface area contributed by atoms with E-state index in [4.69, 9.17) is 21.8 Å². The maximum atomic E-state index is 11.4.